The SMILES string of the molecule is O=C(c1cc2ccccc2o1)c1cnn2ccncc12. The molecule has 4 rings (SSSR count). The minimum Gasteiger partial charge on any atom is -0.453 e. The third-order valence-electron chi connectivity index (χ3n) is 3.22. The summed E-state index contributed by atoms with van der Waals surface area (Å²) in [6.45, 7) is 0. The molecule has 0 radical (unpaired) electrons. The van der Waals surface area contributed by atoms with Crippen LogP contribution in [0.4, 0.5) is 0 Å². The fraction of sp³-hybridized carbons (Fsp3) is 0. The van der Waals surface area contributed by atoms with Crippen LogP contribution in [0.1, 0.15) is 16.1 Å². The molecule has 0 fully saturated rings. The average Bonchev–Trinajstić information content (AvgIpc) is 3.10. The van der Waals surface area contributed by atoms with Crippen LogP contribution >= 0.6 is 0 Å². The van der Waals surface area contributed by atoms with Crippen molar-refractivity contribution in [2.75, 3.05) is 0 Å². The molecule has 96 valence electrons. The summed E-state index contributed by atoms with van der Waals surface area (Å²) >= 11 is 0. The van der Waals surface area contributed by atoms with Gasteiger partial charge in [-0.2, -0.15) is 5.10 Å². The van der Waals surface area contributed by atoms with Crippen LogP contribution in [-0.2, 0) is 0 Å². The molecule has 0 saturated carbocycles. The van der Waals surface area contributed by atoms with E-state index in [4.69, 9.17) is 4.42 Å². The molecule has 1 aromatic carbocycles. The number of fused-ring (bicyclic) bond motifs is 2. The number of hydrogen-bond donors (Lipinski definition) is 0. The van der Waals surface area contributed by atoms with Crippen LogP contribution in [0.15, 0.2) is 59.5 Å². The smallest absolute Gasteiger partial charge is 0.232 e. The second-order valence-electron chi connectivity index (χ2n) is 4.44. The van der Waals surface area contributed by atoms with Gasteiger partial charge in [-0.25, -0.2) is 4.52 Å². The third kappa shape index (κ3) is 1.53. The van der Waals surface area contributed by atoms with E-state index in [1.54, 1.807) is 29.2 Å². The third-order valence-corrected chi connectivity index (χ3v) is 3.22. The van der Waals surface area contributed by atoms with Crippen LogP contribution < -0.4 is 0 Å². The van der Waals surface area contributed by atoms with Gasteiger partial charge in [0.05, 0.1) is 23.5 Å². The zero-order valence-corrected chi connectivity index (χ0v) is 10.4. The number of para-hydroxylation sites is 1. The quantitative estimate of drug-likeness (QED) is 0.522. The fourth-order valence-corrected chi connectivity index (χ4v) is 2.24. The highest BCUT2D eigenvalue weighted by atomic mass is 16.3. The van der Waals surface area contributed by atoms with Gasteiger partial charge in [-0.05, 0) is 12.1 Å². The highest BCUT2D eigenvalue weighted by Crippen LogP contribution is 2.22. The summed E-state index contributed by atoms with van der Waals surface area (Å²) in [5, 5.41) is 5.04. The molecule has 4 aromatic rings. The predicted molar refractivity (Wildman–Crippen MR) is 72.6 cm³/mol. The molecular weight excluding hydrogens is 254 g/mol. The van der Waals surface area contributed by atoms with Gasteiger partial charge in [-0.3, -0.25) is 9.78 Å². The first-order valence-corrected chi connectivity index (χ1v) is 6.13. The van der Waals surface area contributed by atoms with E-state index in [1.807, 2.05) is 24.3 Å². The summed E-state index contributed by atoms with van der Waals surface area (Å²) in [6, 6.07) is 9.28. The van der Waals surface area contributed by atoms with Crippen LogP contribution in [0, 0.1) is 0 Å². The molecule has 5 nitrogen and oxygen atoms in total. The molecule has 0 spiro atoms. The molecule has 3 heterocycles. The molecule has 0 atom stereocenters. The summed E-state index contributed by atoms with van der Waals surface area (Å²) in [5.41, 5.74) is 1.85. The van der Waals surface area contributed by atoms with E-state index in [9.17, 15) is 4.79 Å². The molecule has 0 aliphatic rings. The fourth-order valence-electron chi connectivity index (χ4n) is 2.24. The molecule has 0 saturated heterocycles. The Hall–Kier alpha value is -2.95. The van der Waals surface area contributed by atoms with Gasteiger partial charge in [0.2, 0.25) is 5.78 Å². The second-order valence-corrected chi connectivity index (χ2v) is 4.44. The van der Waals surface area contributed by atoms with Gasteiger partial charge in [0.1, 0.15) is 5.58 Å². The minimum atomic E-state index is -0.191. The van der Waals surface area contributed by atoms with Gasteiger partial charge >= 0.3 is 0 Å². The molecule has 20 heavy (non-hydrogen) atoms. The van der Waals surface area contributed by atoms with Gasteiger partial charge in [-0.15, -0.1) is 0 Å². The van der Waals surface area contributed by atoms with Crippen molar-refractivity contribution in [3.05, 3.63) is 66.4 Å². The second kappa shape index (κ2) is 4.03. The van der Waals surface area contributed by atoms with Crippen molar-refractivity contribution in [1.82, 2.24) is 14.6 Å². The minimum absolute atomic E-state index is 0.191. The van der Waals surface area contributed by atoms with E-state index >= 15 is 0 Å². The molecule has 3 aromatic heterocycles. The number of ketones is 1. The van der Waals surface area contributed by atoms with E-state index in [1.165, 1.54) is 6.20 Å². The van der Waals surface area contributed by atoms with Crippen LogP contribution in [0.25, 0.3) is 16.5 Å². The van der Waals surface area contributed by atoms with Crippen molar-refractivity contribution in [2.24, 2.45) is 0 Å². The van der Waals surface area contributed by atoms with Gasteiger partial charge in [0.15, 0.2) is 5.76 Å². The molecule has 0 N–H and O–H groups in total. The number of benzene rings is 1. The predicted octanol–water partition coefficient (Wildman–Crippen LogP) is 2.71. The lowest BCUT2D eigenvalue weighted by Crippen LogP contribution is -1.99. The molecule has 5 heteroatoms. The zero-order valence-electron chi connectivity index (χ0n) is 10.4. The van der Waals surface area contributed by atoms with E-state index in [-0.39, 0.29) is 5.78 Å². The topological polar surface area (TPSA) is 60.4 Å². The van der Waals surface area contributed by atoms with E-state index in [0.29, 0.717) is 22.4 Å². The molecule has 0 unspecified atom stereocenters. The van der Waals surface area contributed by atoms with Crippen molar-refractivity contribution in [2.45, 2.75) is 0 Å². The number of nitrogens with zero attached hydrogens (tertiary/aromatic N) is 3. The first-order valence-electron chi connectivity index (χ1n) is 6.13. The van der Waals surface area contributed by atoms with Gasteiger partial charge in [-0.1, -0.05) is 18.2 Å². The maximum Gasteiger partial charge on any atom is 0.232 e. The summed E-state index contributed by atoms with van der Waals surface area (Å²) in [7, 11) is 0. The van der Waals surface area contributed by atoms with Crippen molar-refractivity contribution >= 4 is 22.3 Å². The van der Waals surface area contributed by atoms with E-state index in [2.05, 4.69) is 10.1 Å². The monoisotopic (exact) mass is 263 g/mol. The normalized spacial score (nSPS) is 11.2. The Bertz CT molecular complexity index is 903. The Labute approximate surface area is 113 Å². The summed E-state index contributed by atoms with van der Waals surface area (Å²) < 4.78 is 7.21. The highest BCUT2D eigenvalue weighted by molar-refractivity contribution is 6.12. The highest BCUT2D eigenvalue weighted by Gasteiger charge is 2.18. The first kappa shape index (κ1) is 10.9. The molecule has 0 bridgehead atoms. The van der Waals surface area contributed by atoms with Crippen molar-refractivity contribution in [3.63, 3.8) is 0 Å². The lowest BCUT2D eigenvalue weighted by atomic mass is 10.1. The van der Waals surface area contributed by atoms with E-state index < -0.39 is 0 Å². The number of carbonyl (C=O) groups is 1. The van der Waals surface area contributed by atoms with E-state index in [0.717, 1.165) is 5.39 Å². The van der Waals surface area contributed by atoms with Crippen molar-refractivity contribution in [3.8, 4) is 0 Å². The largest absolute Gasteiger partial charge is 0.453 e. The first-order chi connectivity index (χ1) is 9.83. The lowest BCUT2D eigenvalue weighted by molar-refractivity contribution is 0.101. The number of carbonyl (C=O) groups excluding carboxylic acids is 1. The summed E-state index contributed by atoms with van der Waals surface area (Å²) in [6.07, 6.45) is 6.47. The maximum absolute atomic E-state index is 12.5. The molecular formula is C15H9N3O2. The van der Waals surface area contributed by atoms with Crippen molar-refractivity contribution in [1.29, 1.82) is 0 Å². The van der Waals surface area contributed by atoms with Crippen LogP contribution in [0.2, 0.25) is 0 Å². The Morgan fingerprint density at radius 1 is 1.20 bits per heavy atom. The van der Waals surface area contributed by atoms with Crippen LogP contribution in [0.5, 0.6) is 0 Å². The lowest BCUT2D eigenvalue weighted by Gasteiger charge is -1.94. The molecule has 0 aliphatic carbocycles. The Balaban J connectivity index is 1.87. The van der Waals surface area contributed by atoms with Crippen molar-refractivity contribution < 1.29 is 9.21 Å². The average molecular weight is 263 g/mol. The summed E-state index contributed by atoms with van der Waals surface area (Å²) in [4.78, 5) is 16.5. The zero-order chi connectivity index (χ0) is 13.5. The standard InChI is InChI=1S/C15H9N3O2/c19-15(11-8-17-18-6-5-16-9-12(11)18)14-7-10-3-1-2-4-13(10)20-14/h1-9H. The number of aromatic nitrogens is 3. The Morgan fingerprint density at radius 3 is 3.00 bits per heavy atom. The number of hydrogen-bond acceptors (Lipinski definition) is 4. The molecule has 0 aliphatic heterocycles. The van der Waals surface area contributed by atoms with Crippen LogP contribution in [-0.4, -0.2) is 20.4 Å². The van der Waals surface area contributed by atoms with Crippen LogP contribution in [0.3, 0.4) is 0 Å². The summed E-state index contributed by atoms with van der Waals surface area (Å²) in [5.74, 6) is 0.120. The van der Waals surface area contributed by atoms with Gasteiger partial charge in [0, 0.05) is 17.8 Å². The molecule has 0 amide bonds. The number of furan rings is 1. The van der Waals surface area contributed by atoms with Gasteiger partial charge in [0.25, 0.3) is 0 Å². The maximum atomic E-state index is 12.5. The Kier molecular flexibility index (Phi) is 2.20. The Morgan fingerprint density at radius 2 is 2.10 bits per heavy atom. The van der Waals surface area contributed by atoms with Gasteiger partial charge < -0.3 is 4.42 Å². The number of rotatable bonds is 2.